The topological polar surface area (TPSA) is 66.8 Å². The lowest BCUT2D eigenvalue weighted by Crippen LogP contribution is -2.35. The van der Waals surface area contributed by atoms with E-state index in [1.807, 2.05) is 0 Å². The molecule has 3 rings (SSSR count). The highest BCUT2D eigenvalue weighted by Gasteiger charge is 2.48. The Bertz CT molecular complexity index is 596. The van der Waals surface area contributed by atoms with Gasteiger partial charge in [0.15, 0.2) is 0 Å². The molecule has 1 aromatic carbocycles. The van der Waals surface area contributed by atoms with E-state index in [0.29, 0.717) is 5.56 Å². The van der Waals surface area contributed by atoms with Crippen LogP contribution in [0.15, 0.2) is 24.3 Å². The van der Waals surface area contributed by atoms with Crippen LogP contribution in [-0.4, -0.2) is 35.0 Å². The number of aliphatic hydroxyl groups is 1. The summed E-state index contributed by atoms with van der Waals surface area (Å²) in [4.78, 5) is 25.9. The molecule has 0 aromatic heterocycles. The molecule has 2 aliphatic rings. The minimum Gasteiger partial charge on any atom is -0.435 e. The number of benzene rings is 1. The fourth-order valence-electron chi connectivity index (χ4n) is 3.56. The summed E-state index contributed by atoms with van der Waals surface area (Å²) < 4.78 is 28.5. The molecule has 1 aliphatic heterocycles. The Kier molecular flexibility index (Phi) is 4.80. The first-order chi connectivity index (χ1) is 11.5. The number of β-amino-alcohol motifs (C(OH)–C–C–N with tert-alkyl or cyclic N) is 1. The summed E-state index contributed by atoms with van der Waals surface area (Å²) in [6.07, 6.45) is 2.28. The average molecular weight is 339 g/mol. The van der Waals surface area contributed by atoms with Crippen LogP contribution in [0.3, 0.4) is 0 Å². The van der Waals surface area contributed by atoms with Gasteiger partial charge < -0.3 is 9.84 Å². The minimum absolute atomic E-state index is 0.0136. The van der Waals surface area contributed by atoms with E-state index in [0.717, 1.165) is 30.6 Å². The summed E-state index contributed by atoms with van der Waals surface area (Å²) in [6, 6.07) is 5.52. The van der Waals surface area contributed by atoms with Gasteiger partial charge in [0, 0.05) is 0 Å². The fraction of sp³-hybridized carbons (Fsp3) is 0.529. The van der Waals surface area contributed by atoms with Crippen molar-refractivity contribution in [2.24, 2.45) is 11.8 Å². The van der Waals surface area contributed by atoms with Crippen molar-refractivity contribution in [1.29, 1.82) is 0 Å². The molecule has 0 radical (unpaired) electrons. The molecule has 0 spiro atoms. The molecule has 0 bridgehead atoms. The molecule has 1 saturated carbocycles. The average Bonchev–Trinajstić information content (AvgIpc) is 2.80. The molecule has 1 aromatic rings. The van der Waals surface area contributed by atoms with Gasteiger partial charge >= 0.3 is 6.61 Å². The molecular weight excluding hydrogens is 320 g/mol. The third kappa shape index (κ3) is 3.26. The molecule has 7 heteroatoms. The largest absolute Gasteiger partial charge is 0.435 e. The minimum atomic E-state index is -2.91. The van der Waals surface area contributed by atoms with E-state index in [1.165, 1.54) is 24.3 Å². The van der Waals surface area contributed by atoms with E-state index in [1.54, 1.807) is 0 Å². The van der Waals surface area contributed by atoms with Crippen molar-refractivity contribution in [1.82, 2.24) is 4.90 Å². The van der Waals surface area contributed by atoms with Crippen LogP contribution in [0.25, 0.3) is 0 Å². The van der Waals surface area contributed by atoms with Gasteiger partial charge in [0.1, 0.15) is 5.75 Å². The van der Waals surface area contributed by atoms with Gasteiger partial charge in [-0.3, -0.25) is 14.5 Å². The zero-order chi connectivity index (χ0) is 17.3. The van der Waals surface area contributed by atoms with Crippen molar-refractivity contribution in [3.05, 3.63) is 29.8 Å². The summed E-state index contributed by atoms with van der Waals surface area (Å²) in [7, 11) is 0. The Hall–Kier alpha value is -2.02. The number of rotatable bonds is 5. The van der Waals surface area contributed by atoms with Crippen molar-refractivity contribution in [3.8, 4) is 5.75 Å². The number of amides is 2. The van der Waals surface area contributed by atoms with Gasteiger partial charge in [-0.15, -0.1) is 0 Å². The Morgan fingerprint density at radius 3 is 2.12 bits per heavy atom. The molecule has 1 N–H and O–H groups in total. The molecule has 3 atom stereocenters. The van der Waals surface area contributed by atoms with Crippen LogP contribution in [0.1, 0.15) is 37.4 Å². The number of alkyl halides is 2. The Balaban J connectivity index is 1.67. The predicted molar refractivity (Wildman–Crippen MR) is 80.2 cm³/mol. The van der Waals surface area contributed by atoms with Crippen LogP contribution in [0.2, 0.25) is 0 Å². The van der Waals surface area contributed by atoms with Crippen molar-refractivity contribution in [2.45, 2.75) is 38.4 Å². The number of ether oxygens (including phenoxy) is 1. The standard InChI is InChI=1S/C17H19F2NO4/c18-17(19)24-11-7-5-10(6-8-11)14(21)9-20-15(22)12-3-1-2-4-13(12)16(20)23/h5-8,12-14,17,21H,1-4,9H2/t12-,13-,14-/m1/s1. The van der Waals surface area contributed by atoms with Crippen molar-refractivity contribution in [2.75, 3.05) is 6.54 Å². The lowest BCUT2D eigenvalue weighted by atomic mass is 9.81. The van der Waals surface area contributed by atoms with E-state index >= 15 is 0 Å². The zero-order valence-electron chi connectivity index (χ0n) is 13.0. The molecular formula is C17H19F2NO4. The molecule has 1 aliphatic carbocycles. The van der Waals surface area contributed by atoms with Crippen LogP contribution in [0.5, 0.6) is 5.75 Å². The number of fused-ring (bicyclic) bond motifs is 1. The summed E-state index contributed by atoms with van der Waals surface area (Å²) in [6.45, 7) is -3.02. The summed E-state index contributed by atoms with van der Waals surface area (Å²) in [5.41, 5.74) is 0.437. The first kappa shape index (κ1) is 16.8. The van der Waals surface area contributed by atoms with Gasteiger partial charge in [-0.2, -0.15) is 8.78 Å². The number of hydrogen-bond acceptors (Lipinski definition) is 4. The number of aliphatic hydroxyl groups excluding tert-OH is 1. The van der Waals surface area contributed by atoms with Crippen molar-refractivity contribution >= 4 is 11.8 Å². The number of likely N-dealkylation sites (tertiary alicyclic amines) is 1. The van der Waals surface area contributed by atoms with Crippen LogP contribution in [0, 0.1) is 11.8 Å². The maximum Gasteiger partial charge on any atom is 0.387 e. The molecule has 0 unspecified atom stereocenters. The van der Waals surface area contributed by atoms with E-state index < -0.39 is 12.7 Å². The smallest absolute Gasteiger partial charge is 0.387 e. The monoisotopic (exact) mass is 339 g/mol. The fourth-order valence-corrected chi connectivity index (χ4v) is 3.56. The SMILES string of the molecule is O=C1[C@@H]2CCCC[C@H]2C(=O)N1C[C@@H](O)c1ccc(OC(F)F)cc1. The molecule has 130 valence electrons. The number of carbonyl (C=O) groups is 2. The number of carbonyl (C=O) groups excluding carboxylic acids is 2. The number of imide groups is 1. The van der Waals surface area contributed by atoms with E-state index in [4.69, 9.17) is 0 Å². The van der Waals surface area contributed by atoms with Crippen LogP contribution in [-0.2, 0) is 9.59 Å². The summed E-state index contributed by atoms with van der Waals surface area (Å²) in [5.74, 6) is -0.927. The molecule has 24 heavy (non-hydrogen) atoms. The maximum absolute atomic E-state index is 12.4. The highest BCUT2D eigenvalue weighted by Crippen LogP contribution is 2.38. The number of hydrogen-bond donors (Lipinski definition) is 1. The van der Waals surface area contributed by atoms with Crippen LogP contribution in [0.4, 0.5) is 8.78 Å². The first-order valence-corrected chi connectivity index (χ1v) is 8.05. The lowest BCUT2D eigenvalue weighted by molar-refractivity contribution is -0.141. The van der Waals surface area contributed by atoms with Crippen molar-refractivity contribution < 1.29 is 28.2 Å². The van der Waals surface area contributed by atoms with Gasteiger partial charge in [0.2, 0.25) is 11.8 Å². The van der Waals surface area contributed by atoms with Crippen LogP contribution >= 0.6 is 0 Å². The molecule has 5 nitrogen and oxygen atoms in total. The molecule has 2 fully saturated rings. The van der Waals surface area contributed by atoms with Gasteiger partial charge in [-0.1, -0.05) is 25.0 Å². The van der Waals surface area contributed by atoms with Gasteiger partial charge in [-0.25, -0.2) is 0 Å². The third-order valence-electron chi connectivity index (χ3n) is 4.78. The second kappa shape index (κ2) is 6.84. The van der Waals surface area contributed by atoms with Crippen LogP contribution < -0.4 is 4.74 Å². The molecule has 1 saturated heterocycles. The second-order valence-corrected chi connectivity index (χ2v) is 6.25. The highest BCUT2D eigenvalue weighted by molar-refractivity contribution is 6.05. The van der Waals surface area contributed by atoms with Crippen molar-refractivity contribution in [3.63, 3.8) is 0 Å². The van der Waals surface area contributed by atoms with E-state index in [-0.39, 0.29) is 35.9 Å². The second-order valence-electron chi connectivity index (χ2n) is 6.25. The first-order valence-electron chi connectivity index (χ1n) is 8.05. The Labute approximate surface area is 138 Å². The Morgan fingerprint density at radius 2 is 1.62 bits per heavy atom. The van der Waals surface area contributed by atoms with Gasteiger partial charge in [0.05, 0.1) is 24.5 Å². The highest BCUT2D eigenvalue weighted by atomic mass is 19.3. The zero-order valence-corrected chi connectivity index (χ0v) is 13.0. The maximum atomic E-state index is 12.4. The predicted octanol–water partition coefficient (Wildman–Crippen LogP) is 2.50. The van der Waals surface area contributed by atoms with Gasteiger partial charge in [-0.05, 0) is 30.5 Å². The lowest BCUT2D eigenvalue weighted by Gasteiger charge is -2.19. The normalized spacial score (nSPS) is 25.1. The molecule has 2 amide bonds. The Morgan fingerprint density at radius 1 is 1.08 bits per heavy atom. The number of nitrogens with zero attached hydrogens (tertiary/aromatic N) is 1. The summed E-state index contributed by atoms with van der Waals surface area (Å²) in [5, 5.41) is 10.3. The van der Waals surface area contributed by atoms with Gasteiger partial charge in [0.25, 0.3) is 0 Å². The number of halogens is 2. The molecule has 1 heterocycles. The van der Waals surface area contributed by atoms with E-state index in [9.17, 15) is 23.5 Å². The summed E-state index contributed by atoms with van der Waals surface area (Å²) >= 11 is 0. The third-order valence-corrected chi connectivity index (χ3v) is 4.78. The van der Waals surface area contributed by atoms with E-state index in [2.05, 4.69) is 4.74 Å². The quantitative estimate of drug-likeness (QED) is 0.837.